The van der Waals surface area contributed by atoms with Gasteiger partial charge in [-0.1, -0.05) is 18.2 Å². The van der Waals surface area contributed by atoms with Gasteiger partial charge in [-0.15, -0.1) is 0 Å². The summed E-state index contributed by atoms with van der Waals surface area (Å²) < 4.78 is 5.59. The fraction of sp³-hybridized carbons (Fsp3) is 0.214. The van der Waals surface area contributed by atoms with Gasteiger partial charge in [-0.25, -0.2) is 4.98 Å². The number of fused-ring (bicyclic) bond motifs is 1. The zero-order valence-electron chi connectivity index (χ0n) is 10.7. The minimum Gasteiger partial charge on any atom is -0.493 e. The van der Waals surface area contributed by atoms with Crippen molar-refractivity contribution in [2.24, 2.45) is 0 Å². The second kappa shape index (κ2) is 5.16. The Labute approximate surface area is 115 Å². The predicted octanol–water partition coefficient (Wildman–Crippen LogP) is 2.93. The number of aromatic nitrogens is 1. The Hall–Kier alpha value is -2.63. The summed E-state index contributed by atoms with van der Waals surface area (Å²) in [4.78, 5) is 14.2. The van der Waals surface area contributed by atoms with Crippen LogP contribution in [0.3, 0.4) is 0 Å². The Balaban J connectivity index is 1.80. The van der Waals surface area contributed by atoms with E-state index in [2.05, 4.69) is 10.3 Å². The monoisotopic (exact) mass is 271 g/mol. The van der Waals surface area contributed by atoms with Crippen molar-refractivity contribution in [3.63, 3.8) is 0 Å². The van der Waals surface area contributed by atoms with Crippen molar-refractivity contribution >= 4 is 11.5 Å². The molecule has 0 spiro atoms. The van der Waals surface area contributed by atoms with Gasteiger partial charge in [0.1, 0.15) is 17.8 Å². The number of hydrogen-bond donors (Lipinski definition) is 1. The first-order chi connectivity index (χ1) is 9.74. The maximum absolute atomic E-state index is 10.6. The molecule has 1 aliphatic heterocycles. The lowest BCUT2D eigenvalue weighted by molar-refractivity contribution is -0.385. The highest BCUT2D eigenvalue weighted by Gasteiger charge is 2.21. The van der Waals surface area contributed by atoms with Crippen molar-refractivity contribution in [3.05, 3.63) is 58.3 Å². The van der Waals surface area contributed by atoms with Crippen LogP contribution in [0.25, 0.3) is 0 Å². The molecule has 0 fully saturated rings. The maximum atomic E-state index is 10.6. The number of para-hydroxylation sites is 1. The number of nitrogens with one attached hydrogen (secondary N) is 1. The summed E-state index contributed by atoms with van der Waals surface area (Å²) in [5.74, 6) is 1.50. The largest absolute Gasteiger partial charge is 0.493 e. The summed E-state index contributed by atoms with van der Waals surface area (Å²) in [6, 6.07) is 11.0. The molecule has 1 aromatic heterocycles. The third-order valence-corrected chi connectivity index (χ3v) is 3.24. The molecule has 0 saturated carbocycles. The van der Waals surface area contributed by atoms with Crippen molar-refractivity contribution in [1.29, 1.82) is 0 Å². The molecule has 6 heteroatoms. The Bertz CT molecular complexity index is 628. The summed E-state index contributed by atoms with van der Waals surface area (Å²) in [6.45, 7) is 0.641. The van der Waals surface area contributed by atoms with Gasteiger partial charge in [0.25, 0.3) is 5.69 Å². The van der Waals surface area contributed by atoms with E-state index < -0.39 is 4.92 Å². The van der Waals surface area contributed by atoms with Crippen LogP contribution in [0.1, 0.15) is 18.0 Å². The summed E-state index contributed by atoms with van der Waals surface area (Å²) in [6.07, 6.45) is 2.09. The van der Waals surface area contributed by atoms with Crippen LogP contribution < -0.4 is 10.1 Å². The average molecular weight is 271 g/mol. The number of nitro groups is 1. The summed E-state index contributed by atoms with van der Waals surface area (Å²) >= 11 is 0. The Morgan fingerprint density at radius 2 is 2.15 bits per heavy atom. The molecule has 2 heterocycles. The minimum absolute atomic E-state index is 0.0112. The predicted molar refractivity (Wildman–Crippen MR) is 73.8 cm³/mol. The van der Waals surface area contributed by atoms with Gasteiger partial charge in [0.15, 0.2) is 0 Å². The van der Waals surface area contributed by atoms with Gasteiger partial charge < -0.3 is 10.1 Å². The van der Waals surface area contributed by atoms with E-state index in [1.807, 2.05) is 24.3 Å². The molecule has 1 aromatic carbocycles. The number of pyridine rings is 1. The van der Waals surface area contributed by atoms with Crippen molar-refractivity contribution in [2.75, 3.05) is 11.9 Å². The molecule has 1 atom stereocenters. The van der Waals surface area contributed by atoms with Gasteiger partial charge in [0, 0.05) is 18.1 Å². The molecular formula is C14H13N3O3. The highest BCUT2D eigenvalue weighted by atomic mass is 16.6. The van der Waals surface area contributed by atoms with Gasteiger partial charge >= 0.3 is 0 Å². The second-order valence-electron chi connectivity index (χ2n) is 4.53. The van der Waals surface area contributed by atoms with Crippen LogP contribution in [0, 0.1) is 10.1 Å². The Morgan fingerprint density at radius 3 is 2.90 bits per heavy atom. The summed E-state index contributed by atoms with van der Waals surface area (Å²) in [5, 5.41) is 13.9. The molecule has 20 heavy (non-hydrogen) atoms. The first-order valence-corrected chi connectivity index (χ1v) is 6.33. The van der Waals surface area contributed by atoms with Gasteiger partial charge in [0.2, 0.25) is 0 Å². The molecule has 3 rings (SSSR count). The molecule has 6 nitrogen and oxygen atoms in total. The van der Waals surface area contributed by atoms with Crippen molar-refractivity contribution in [2.45, 2.75) is 12.5 Å². The molecule has 0 bridgehead atoms. The Kier molecular flexibility index (Phi) is 3.20. The number of hydrogen-bond acceptors (Lipinski definition) is 5. The fourth-order valence-electron chi connectivity index (χ4n) is 2.25. The molecule has 2 aromatic rings. The van der Waals surface area contributed by atoms with E-state index in [1.165, 1.54) is 12.3 Å². The van der Waals surface area contributed by atoms with Crippen LogP contribution in [-0.4, -0.2) is 16.5 Å². The maximum Gasteiger partial charge on any atom is 0.287 e. The first-order valence-electron chi connectivity index (χ1n) is 6.33. The smallest absolute Gasteiger partial charge is 0.287 e. The number of anilines is 1. The van der Waals surface area contributed by atoms with Crippen LogP contribution >= 0.6 is 0 Å². The van der Waals surface area contributed by atoms with E-state index in [9.17, 15) is 10.1 Å². The zero-order valence-corrected chi connectivity index (χ0v) is 10.7. The quantitative estimate of drug-likeness (QED) is 0.686. The standard InChI is InChI=1S/C14H13N3O3/c18-17(19)10-5-6-14(15-9-10)16-12-7-8-20-13-4-2-1-3-11(12)13/h1-6,9,12H,7-8H2,(H,15,16). The van der Waals surface area contributed by atoms with Crippen LogP contribution in [0.5, 0.6) is 5.75 Å². The number of nitrogens with zero attached hydrogens (tertiary/aromatic N) is 2. The van der Waals surface area contributed by atoms with E-state index in [1.54, 1.807) is 6.07 Å². The second-order valence-corrected chi connectivity index (χ2v) is 4.53. The topological polar surface area (TPSA) is 77.3 Å². The van der Waals surface area contributed by atoms with Crippen LogP contribution in [0.2, 0.25) is 0 Å². The lowest BCUT2D eigenvalue weighted by Crippen LogP contribution is -2.20. The van der Waals surface area contributed by atoms with Crippen LogP contribution in [0.4, 0.5) is 11.5 Å². The number of benzene rings is 1. The van der Waals surface area contributed by atoms with E-state index in [0.717, 1.165) is 17.7 Å². The van der Waals surface area contributed by atoms with Gasteiger partial charge in [0.05, 0.1) is 17.6 Å². The van der Waals surface area contributed by atoms with Crippen LogP contribution in [-0.2, 0) is 0 Å². The van der Waals surface area contributed by atoms with E-state index in [0.29, 0.717) is 12.4 Å². The molecule has 0 amide bonds. The fourth-order valence-corrected chi connectivity index (χ4v) is 2.25. The molecule has 1 aliphatic rings. The molecule has 0 aliphatic carbocycles. The number of rotatable bonds is 3. The van der Waals surface area contributed by atoms with E-state index in [4.69, 9.17) is 4.74 Å². The molecule has 0 saturated heterocycles. The number of ether oxygens (including phenoxy) is 1. The van der Waals surface area contributed by atoms with Crippen molar-refractivity contribution < 1.29 is 9.66 Å². The highest BCUT2D eigenvalue weighted by Crippen LogP contribution is 2.33. The lowest BCUT2D eigenvalue weighted by atomic mass is 10.0. The minimum atomic E-state index is -0.458. The molecule has 1 unspecified atom stereocenters. The van der Waals surface area contributed by atoms with E-state index >= 15 is 0 Å². The van der Waals surface area contributed by atoms with Crippen LogP contribution in [0.15, 0.2) is 42.6 Å². The zero-order chi connectivity index (χ0) is 13.9. The van der Waals surface area contributed by atoms with Crippen molar-refractivity contribution in [1.82, 2.24) is 4.98 Å². The van der Waals surface area contributed by atoms with Gasteiger partial charge in [-0.05, 0) is 12.1 Å². The third-order valence-electron chi connectivity index (χ3n) is 3.24. The molecular weight excluding hydrogens is 258 g/mol. The lowest BCUT2D eigenvalue weighted by Gasteiger charge is -2.26. The highest BCUT2D eigenvalue weighted by molar-refractivity contribution is 5.46. The third kappa shape index (κ3) is 2.40. The molecule has 102 valence electrons. The molecule has 0 radical (unpaired) electrons. The summed E-state index contributed by atoms with van der Waals surface area (Å²) in [5.41, 5.74) is 1.07. The molecule has 1 N–H and O–H groups in total. The van der Waals surface area contributed by atoms with Crippen molar-refractivity contribution in [3.8, 4) is 5.75 Å². The average Bonchev–Trinajstić information content (AvgIpc) is 2.48. The first kappa shape index (κ1) is 12.4. The SMILES string of the molecule is O=[N+]([O-])c1ccc(NC2CCOc3ccccc32)nc1. The Morgan fingerprint density at radius 1 is 1.30 bits per heavy atom. The van der Waals surface area contributed by atoms with Gasteiger partial charge in [-0.3, -0.25) is 10.1 Å². The summed E-state index contributed by atoms with van der Waals surface area (Å²) in [7, 11) is 0. The van der Waals surface area contributed by atoms with E-state index in [-0.39, 0.29) is 11.7 Å². The normalized spacial score (nSPS) is 16.9. The van der Waals surface area contributed by atoms with Gasteiger partial charge in [-0.2, -0.15) is 0 Å².